The molecular weight excluding hydrogens is 657 g/mol. The van der Waals surface area contributed by atoms with Crippen LogP contribution in [0, 0.1) is 5.92 Å². The molecule has 7 rings (SSSR count). The molecule has 0 saturated carbocycles. The van der Waals surface area contributed by atoms with E-state index in [0.717, 1.165) is 67.9 Å². The van der Waals surface area contributed by atoms with Crippen molar-refractivity contribution in [1.82, 2.24) is 0 Å². The van der Waals surface area contributed by atoms with Gasteiger partial charge in [-0.25, -0.2) is 0 Å². The molecule has 0 spiro atoms. The van der Waals surface area contributed by atoms with E-state index in [9.17, 15) is 5.11 Å². The van der Waals surface area contributed by atoms with Crippen LogP contribution in [-0.4, -0.2) is 11.8 Å². The van der Waals surface area contributed by atoms with Gasteiger partial charge in [0.15, 0.2) is 0 Å². The lowest BCUT2D eigenvalue weighted by Crippen LogP contribution is -2.48. The lowest BCUT2D eigenvalue weighted by atomic mass is 9.35. The molecule has 5 aromatic carbocycles. The number of hydrogen-bond acceptors (Lipinski definition) is 3. The molecule has 4 heteroatoms. The van der Waals surface area contributed by atoms with E-state index in [4.69, 9.17) is 4.74 Å². The number of hydrogen-bond donors (Lipinski definition) is 1. The number of benzene rings is 5. The average molecular weight is 708 g/mol. The Morgan fingerprint density at radius 3 is 2.09 bits per heavy atom. The van der Waals surface area contributed by atoms with Gasteiger partial charge in [-0.15, -0.1) is 0 Å². The van der Waals surface area contributed by atoms with Crippen molar-refractivity contribution in [3.05, 3.63) is 198 Å². The summed E-state index contributed by atoms with van der Waals surface area (Å²) in [6, 6.07) is 40.3. The Labute approximate surface area is 322 Å². The van der Waals surface area contributed by atoms with Crippen LogP contribution in [0.5, 0.6) is 17.2 Å². The van der Waals surface area contributed by atoms with Crippen molar-refractivity contribution >= 4 is 29.0 Å². The van der Waals surface area contributed by atoms with Crippen LogP contribution in [0.3, 0.4) is 0 Å². The minimum Gasteiger partial charge on any atom is -0.508 e. The molecular formula is C50H50BNO2. The molecule has 3 nitrogen and oxygen atoms in total. The highest BCUT2D eigenvalue weighted by molar-refractivity contribution is 6.93. The van der Waals surface area contributed by atoms with Gasteiger partial charge in [-0.2, -0.15) is 0 Å². The molecule has 1 N–H and O–H groups in total. The van der Waals surface area contributed by atoms with Gasteiger partial charge in [-0.3, -0.25) is 0 Å². The maximum absolute atomic E-state index is 12.3. The number of ether oxygens (including phenoxy) is 1. The fourth-order valence-corrected chi connectivity index (χ4v) is 8.30. The van der Waals surface area contributed by atoms with Crippen molar-refractivity contribution in [3.63, 3.8) is 0 Å². The van der Waals surface area contributed by atoms with Gasteiger partial charge < -0.3 is 14.7 Å². The number of aromatic hydroxyl groups is 1. The van der Waals surface area contributed by atoms with Crippen molar-refractivity contribution < 1.29 is 9.84 Å². The molecule has 0 bridgehead atoms. The number of phenols is 1. The Hall–Kier alpha value is -5.74. The Bertz CT molecular complexity index is 2270. The lowest BCUT2D eigenvalue weighted by Gasteiger charge is -2.46. The summed E-state index contributed by atoms with van der Waals surface area (Å²) in [7, 11) is 0. The number of para-hydroxylation sites is 1. The van der Waals surface area contributed by atoms with Gasteiger partial charge in [0.1, 0.15) is 17.2 Å². The molecule has 0 saturated heterocycles. The van der Waals surface area contributed by atoms with E-state index in [1.807, 2.05) is 18.2 Å². The monoisotopic (exact) mass is 707 g/mol. The molecule has 0 amide bonds. The molecule has 5 aromatic rings. The van der Waals surface area contributed by atoms with Crippen LogP contribution in [0.25, 0.3) is 0 Å². The van der Waals surface area contributed by atoms with Crippen LogP contribution in [-0.2, 0) is 10.8 Å². The fourth-order valence-electron chi connectivity index (χ4n) is 8.30. The number of fused-ring (bicyclic) bond motifs is 3. The van der Waals surface area contributed by atoms with E-state index in [0.29, 0.717) is 11.7 Å². The predicted octanol–water partition coefficient (Wildman–Crippen LogP) is 11.6. The van der Waals surface area contributed by atoms with Gasteiger partial charge in [0, 0.05) is 17.6 Å². The summed E-state index contributed by atoms with van der Waals surface area (Å²) in [5.41, 5.74) is 10.4. The van der Waals surface area contributed by atoms with E-state index in [1.165, 1.54) is 5.56 Å². The zero-order valence-corrected chi connectivity index (χ0v) is 32.4. The number of anilines is 2. The second kappa shape index (κ2) is 14.6. The Balaban J connectivity index is 1.49. The van der Waals surface area contributed by atoms with Gasteiger partial charge in [-0.05, 0) is 69.8 Å². The quantitative estimate of drug-likeness (QED) is 0.122. The molecule has 54 heavy (non-hydrogen) atoms. The van der Waals surface area contributed by atoms with Crippen molar-refractivity contribution in [1.29, 1.82) is 0 Å². The van der Waals surface area contributed by atoms with Gasteiger partial charge in [0.05, 0.1) is 22.5 Å². The first kappa shape index (κ1) is 36.6. The standard InChI is InChI=1S/C50H50BNO2/c1-9-34(5)27-29-38(10-2)51-42-30-28-37(49(6,7)8)31-46(42)54-47-33-39(32-45(53)48(47)51)52-43(12-4)40(11-3)50(35-21-15-13-16-22-35,36-23-17-14-18-24-36)41-25-19-20-26-44(41)52/h10-34,53H,3-4,9H2,1-2,5-8H3/b29-27-,38-10+. The van der Waals surface area contributed by atoms with Crippen LogP contribution < -0.4 is 20.6 Å². The van der Waals surface area contributed by atoms with Crippen LogP contribution in [0.4, 0.5) is 11.4 Å². The van der Waals surface area contributed by atoms with E-state index in [2.05, 4.69) is 187 Å². The third-order valence-electron chi connectivity index (χ3n) is 11.3. The first-order valence-corrected chi connectivity index (χ1v) is 19.1. The third-order valence-corrected chi connectivity index (χ3v) is 11.3. The largest absolute Gasteiger partial charge is 0.508 e. The number of rotatable bonds is 9. The highest BCUT2D eigenvalue weighted by atomic mass is 16.5. The Morgan fingerprint density at radius 1 is 0.852 bits per heavy atom. The first-order chi connectivity index (χ1) is 26.1. The molecule has 0 radical (unpaired) electrons. The zero-order chi connectivity index (χ0) is 38.2. The van der Waals surface area contributed by atoms with Crippen molar-refractivity contribution in [2.75, 3.05) is 4.90 Å². The second-order valence-electron chi connectivity index (χ2n) is 15.5. The van der Waals surface area contributed by atoms with E-state index in [-0.39, 0.29) is 17.9 Å². The molecule has 270 valence electrons. The lowest BCUT2D eigenvalue weighted by molar-refractivity contribution is 0.460. The maximum Gasteiger partial charge on any atom is 0.255 e. The highest BCUT2D eigenvalue weighted by Crippen LogP contribution is 2.56. The molecule has 2 aliphatic rings. The topological polar surface area (TPSA) is 32.7 Å². The molecule has 0 aromatic heterocycles. The van der Waals surface area contributed by atoms with E-state index in [1.54, 1.807) is 0 Å². The smallest absolute Gasteiger partial charge is 0.255 e. The van der Waals surface area contributed by atoms with Crippen molar-refractivity contribution in [2.24, 2.45) is 5.92 Å². The third kappa shape index (κ3) is 6.04. The fraction of sp³-hybridized carbons (Fsp3) is 0.200. The zero-order valence-electron chi connectivity index (χ0n) is 32.4. The minimum absolute atomic E-state index is 0.0652. The molecule has 0 aliphatic carbocycles. The Kier molecular flexibility index (Phi) is 9.89. The van der Waals surface area contributed by atoms with Crippen molar-refractivity contribution in [2.45, 2.75) is 58.8 Å². The summed E-state index contributed by atoms with van der Waals surface area (Å²) in [5, 5.41) is 12.3. The molecule has 1 unspecified atom stereocenters. The number of allylic oxidation sites excluding steroid dienone is 7. The molecule has 0 fully saturated rings. The first-order valence-electron chi connectivity index (χ1n) is 19.1. The van der Waals surface area contributed by atoms with Crippen LogP contribution in [0.1, 0.15) is 70.2 Å². The van der Waals surface area contributed by atoms with Crippen LogP contribution >= 0.6 is 0 Å². The normalized spacial score (nSPS) is 15.6. The Morgan fingerprint density at radius 2 is 1.50 bits per heavy atom. The maximum atomic E-state index is 12.3. The van der Waals surface area contributed by atoms with Crippen LogP contribution in [0.15, 0.2) is 176 Å². The summed E-state index contributed by atoms with van der Waals surface area (Å²) in [6.45, 7) is 21.8. The summed E-state index contributed by atoms with van der Waals surface area (Å²) >= 11 is 0. The van der Waals surface area contributed by atoms with Crippen molar-refractivity contribution in [3.8, 4) is 17.2 Å². The van der Waals surface area contributed by atoms with Gasteiger partial charge in [0.25, 0.3) is 6.71 Å². The van der Waals surface area contributed by atoms with Gasteiger partial charge in [0.2, 0.25) is 0 Å². The van der Waals surface area contributed by atoms with Gasteiger partial charge >= 0.3 is 0 Å². The minimum atomic E-state index is -0.677. The molecule has 2 heterocycles. The summed E-state index contributed by atoms with van der Waals surface area (Å²) in [4.78, 5) is 2.20. The SMILES string of the molecule is C=CC1=C(C=C)C(c2ccccc2)(c2ccccc2)c2ccccc2N1c1cc(O)c2c(c1)Oc1cc(C(C)(C)C)ccc1B2C(/C=C\C(C)CC)=C/C. The predicted molar refractivity (Wildman–Crippen MR) is 229 cm³/mol. The number of phenolic OH excluding ortho intramolecular Hbond substituents is 1. The summed E-state index contributed by atoms with van der Waals surface area (Å²) in [6.07, 6.45) is 11.6. The summed E-state index contributed by atoms with van der Waals surface area (Å²) < 4.78 is 6.89. The number of nitrogens with zero attached hydrogens (tertiary/aromatic N) is 1. The van der Waals surface area contributed by atoms with E-state index >= 15 is 0 Å². The van der Waals surface area contributed by atoms with Crippen LogP contribution in [0.2, 0.25) is 0 Å². The van der Waals surface area contributed by atoms with E-state index < -0.39 is 5.41 Å². The second-order valence-corrected chi connectivity index (χ2v) is 15.5. The van der Waals surface area contributed by atoms with Gasteiger partial charge in [-0.1, -0.05) is 175 Å². The molecule has 1 atom stereocenters. The summed E-state index contributed by atoms with van der Waals surface area (Å²) in [5.74, 6) is 2.05. The average Bonchev–Trinajstić information content (AvgIpc) is 3.19. The molecule has 2 aliphatic heterocycles. The highest BCUT2D eigenvalue weighted by Gasteiger charge is 2.47.